The summed E-state index contributed by atoms with van der Waals surface area (Å²) in [5.74, 6) is 0.572. The summed E-state index contributed by atoms with van der Waals surface area (Å²) in [7, 11) is -3.26. The van der Waals surface area contributed by atoms with Crippen LogP contribution in [0, 0.1) is 5.92 Å². The number of carbonyl (C=O) groups excluding carboxylic acids is 1. The van der Waals surface area contributed by atoms with Crippen LogP contribution >= 0.6 is 0 Å². The summed E-state index contributed by atoms with van der Waals surface area (Å²) in [6, 6.07) is 0. The predicted octanol–water partition coefficient (Wildman–Crippen LogP) is -0.180. The molecule has 0 aromatic rings. The van der Waals surface area contributed by atoms with Crippen molar-refractivity contribution >= 4 is 15.9 Å². The second-order valence-electron chi connectivity index (χ2n) is 5.93. The number of rotatable bonds is 7. The van der Waals surface area contributed by atoms with E-state index < -0.39 is 15.6 Å². The summed E-state index contributed by atoms with van der Waals surface area (Å²) in [6.07, 6.45) is 3.64. The Kier molecular flexibility index (Phi) is 5.76. The largest absolute Gasteiger partial charge is 0.354 e. The van der Waals surface area contributed by atoms with Gasteiger partial charge in [0.25, 0.3) is 0 Å². The van der Waals surface area contributed by atoms with Crippen LogP contribution in [0.3, 0.4) is 0 Å². The third-order valence-corrected chi connectivity index (χ3v) is 4.05. The molecule has 19 heavy (non-hydrogen) atoms. The zero-order chi connectivity index (χ0) is 14.5. The van der Waals surface area contributed by atoms with Gasteiger partial charge in [0.15, 0.2) is 0 Å². The molecule has 1 heterocycles. The van der Waals surface area contributed by atoms with Crippen molar-refractivity contribution in [2.75, 3.05) is 25.9 Å². The molecule has 1 aliphatic heterocycles. The number of hydrogen-bond donors (Lipinski definition) is 3. The number of carbonyl (C=O) groups is 1. The lowest BCUT2D eigenvalue weighted by Crippen LogP contribution is -2.51. The molecule has 1 aliphatic rings. The Morgan fingerprint density at radius 3 is 2.63 bits per heavy atom. The number of nitrogens with one attached hydrogen (secondary N) is 3. The highest BCUT2D eigenvalue weighted by Crippen LogP contribution is 2.14. The number of amides is 1. The van der Waals surface area contributed by atoms with E-state index in [4.69, 9.17) is 0 Å². The van der Waals surface area contributed by atoms with Gasteiger partial charge in [0.05, 0.1) is 6.26 Å². The Balaban J connectivity index is 2.24. The Morgan fingerprint density at radius 1 is 1.42 bits per heavy atom. The second-order valence-corrected chi connectivity index (χ2v) is 7.68. The van der Waals surface area contributed by atoms with E-state index in [1.165, 1.54) is 0 Å². The van der Waals surface area contributed by atoms with E-state index in [0.29, 0.717) is 18.9 Å². The third-order valence-electron chi connectivity index (χ3n) is 3.13. The van der Waals surface area contributed by atoms with Crippen LogP contribution in [0.2, 0.25) is 0 Å². The topological polar surface area (TPSA) is 87.3 Å². The molecule has 0 spiro atoms. The number of hydrogen-bond acceptors (Lipinski definition) is 4. The maximum Gasteiger partial charge on any atom is 0.220 e. The highest BCUT2D eigenvalue weighted by Gasteiger charge is 2.23. The SMILES string of the molecule is CC(C)(CNC(=O)CCC1CCNC1)NS(C)(=O)=O. The lowest BCUT2D eigenvalue weighted by Gasteiger charge is -2.25. The molecule has 0 saturated carbocycles. The Bertz CT molecular complexity index is 400. The van der Waals surface area contributed by atoms with Crippen molar-refractivity contribution in [3.63, 3.8) is 0 Å². The molecule has 1 fully saturated rings. The molecule has 0 bridgehead atoms. The minimum Gasteiger partial charge on any atom is -0.354 e. The smallest absolute Gasteiger partial charge is 0.220 e. The molecule has 1 amide bonds. The molecule has 3 N–H and O–H groups in total. The van der Waals surface area contributed by atoms with Crippen LogP contribution in [0.1, 0.15) is 33.1 Å². The third kappa shape index (κ3) is 7.49. The predicted molar refractivity (Wildman–Crippen MR) is 75.3 cm³/mol. The van der Waals surface area contributed by atoms with Crippen LogP contribution in [0.4, 0.5) is 0 Å². The molecule has 1 rings (SSSR count). The molecule has 0 aliphatic carbocycles. The van der Waals surface area contributed by atoms with Gasteiger partial charge in [0.1, 0.15) is 0 Å². The van der Waals surface area contributed by atoms with E-state index in [1.54, 1.807) is 13.8 Å². The highest BCUT2D eigenvalue weighted by atomic mass is 32.2. The molecule has 1 atom stereocenters. The lowest BCUT2D eigenvalue weighted by atomic mass is 10.0. The van der Waals surface area contributed by atoms with Crippen LogP contribution in [0.25, 0.3) is 0 Å². The van der Waals surface area contributed by atoms with Crippen molar-refractivity contribution in [3.05, 3.63) is 0 Å². The van der Waals surface area contributed by atoms with Crippen molar-refractivity contribution in [1.29, 1.82) is 0 Å². The summed E-state index contributed by atoms with van der Waals surface area (Å²) < 4.78 is 24.8. The number of sulfonamides is 1. The van der Waals surface area contributed by atoms with Crippen LogP contribution in [-0.2, 0) is 14.8 Å². The minimum absolute atomic E-state index is 0.0183. The maximum absolute atomic E-state index is 11.7. The average Bonchev–Trinajstić information content (AvgIpc) is 2.73. The summed E-state index contributed by atoms with van der Waals surface area (Å²) in [5, 5.41) is 6.05. The summed E-state index contributed by atoms with van der Waals surface area (Å²) in [6.45, 7) is 5.82. The average molecular weight is 291 g/mol. The van der Waals surface area contributed by atoms with Gasteiger partial charge in [-0.15, -0.1) is 0 Å². The van der Waals surface area contributed by atoms with Gasteiger partial charge < -0.3 is 10.6 Å². The molecule has 0 aromatic carbocycles. The van der Waals surface area contributed by atoms with Crippen LogP contribution < -0.4 is 15.4 Å². The standard InChI is InChI=1S/C12H25N3O3S/c1-12(2,15-19(3,17)18)9-14-11(16)5-4-10-6-7-13-8-10/h10,13,15H,4-9H2,1-3H3,(H,14,16). The molecule has 1 saturated heterocycles. The first-order valence-corrected chi connectivity index (χ1v) is 8.53. The van der Waals surface area contributed by atoms with Crippen LogP contribution in [-0.4, -0.2) is 45.8 Å². The van der Waals surface area contributed by atoms with Gasteiger partial charge in [-0.25, -0.2) is 13.1 Å². The normalized spacial score (nSPS) is 20.5. The monoisotopic (exact) mass is 291 g/mol. The van der Waals surface area contributed by atoms with E-state index in [-0.39, 0.29) is 5.91 Å². The molecular weight excluding hydrogens is 266 g/mol. The molecule has 7 heteroatoms. The van der Waals surface area contributed by atoms with E-state index >= 15 is 0 Å². The summed E-state index contributed by atoms with van der Waals surface area (Å²) >= 11 is 0. The zero-order valence-electron chi connectivity index (χ0n) is 12.0. The van der Waals surface area contributed by atoms with E-state index in [9.17, 15) is 13.2 Å². The van der Waals surface area contributed by atoms with Gasteiger partial charge in [-0.2, -0.15) is 0 Å². The van der Waals surface area contributed by atoms with Crippen molar-refractivity contribution < 1.29 is 13.2 Å². The lowest BCUT2D eigenvalue weighted by molar-refractivity contribution is -0.121. The fourth-order valence-corrected chi connectivity index (χ4v) is 3.32. The van der Waals surface area contributed by atoms with Crippen LogP contribution in [0.5, 0.6) is 0 Å². The fraction of sp³-hybridized carbons (Fsp3) is 0.917. The Hall–Kier alpha value is -0.660. The maximum atomic E-state index is 11.7. The van der Waals surface area contributed by atoms with Crippen molar-refractivity contribution in [2.24, 2.45) is 5.92 Å². The van der Waals surface area contributed by atoms with Gasteiger partial charge in [-0.1, -0.05) is 0 Å². The highest BCUT2D eigenvalue weighted by molar-refractivity contribution is 7.88. The van der Waals surface area contributed by atoms with E-state index in [1.807, 2.05) is 0 Å². The molecule has 1 unspecified atom stereocenters. The first kappa shape index (κ1) is 16.4. The Morgan fingerprint density at radius 2 is 2.11 bits per heavy atom. The van der Waals surface area contributed by atoms with Crippen LogP contribution in [0.15, 0.2) is 0 Å². The molecule has 0 radical (unpaired) electrons. The van der Waals surface area contributed by atoms with Gasteiger partial charge in [-0.3, -0.25) is 4.79 Å². The molecule has 112 valence electrons. The molecule has 6 nitrogen and oxygen atoms in total. The molecular formula is C12H25N3O3S. The van der Waals surface area contributed by atoms with Gasteiger partial charge in [0, 0.05) is 18.5 Å². The fourth-order valence-electron chi connectivity index (χ4n) is 2.24. The van der Waals surface area contributed by atoms with Gasteiger partial charge in [-0.05, 0) is 45.7 Å². The first-order chi connectivity index (χ1) is 8.68. The van der Waals surface area contributed by atoms with Crippen molar-refractivity contribution in [1.82, 2.24) is 15.4 Å². The zero-order valence-corrected chi connectivity index (χ0v) is 12.8. The molecule has 0 aromatic heterocycles. The summed E-state index contributed by atoms with van der Waals surface area (Å²) in [4.78, 5) is 11.7. The first-order valence-electron chi connectivity index (χ1n) is 6.64. The second kappa shape index (κ2) is 6.67. The summed E-state index contributed by atoms with van der Waals surface area (Å²) in [5.41, 5.74) is -0.668. The Labute approximate surface area is 115 Å². The van der Waals surface area contributed by atoms with E-state index in [2.05, 4.69) is 15.4 Å². The van der Waals surface area contributed by atoms with E-state index in [0.717, 1.165) is 32.2 Å². The van der Waals surface area contributed by atoms with Gasteiger partial charge in [0.2, 0.25) is 15.9 Å². The minimum atomic E-state index is -3.26. The quantitative estimate of drug-likeness (QED) is 0.607. The van der Waals surface area contributed by atoms with Crippen molar-refractivity contribution in [2.45, 2.75) is 38.6 Å². The van der Waals surface area contributed by atoms with Crippen molar-refractivity contribution in [3.8, 4) is 0 Å². The van der Waals surface area contributed by atoms with Gasteiger partial charge >= 0.3 is 0 Å².